The number of fused-ring (bicyclic) bond motifs is 2. The number of hydrogen-bond donors (Lipinski definition) is 5. The Bertz CT molecular complexity index is 1590. The Morgan fingerprint density at radius 2 is 1.33 bits per heavy atom. The molecular formula is C33H30O6. The average Bonchev–Trinajstić information content (AvgIpc) is 3.14. The lowest BCUT2D eigenvalue weighted by molar-refractivity contribution is 0.217. The van der Waals surface area contributed by atoms with Crippen LogP contribution in [0.25, 0.3) is 39.6 Å². The summed E-state index contributed by atoms with van der Waals surface area (Å²) in [5, 5.41) is 51.7. The highest BCUT2D eigenvalue weighted by molar-refractivity contribution is 6.01. The van der Waals surface area contributed by atoms with Crippen molar-refractivity contribution in [2.24, 2.45) is 0 Å². The van der Waals surface area contributed by atoms with Crippen LogP contribution in [0.2, 0.25) is 0 Å². The minimum atomic E-state index is -0.909. The Hall–Kier alpha value is -4.78. The standard InChI is InChI=1S/C33H30O6/c34-20-29(32(37)33(38)30(36)21-35)28-16-6-2-1-5-15-25(26-17-10-11-18-27(26)28)24-14-9-8-13-23-12-4-3-7-19-31(23)39-22-24/h1-2,4-19,22,34-38H,3,20-21H2/b2-1?,5-1?,6-2?,13-8?,14-9?,15-5?,16-6?,24-22?,25-15?,26-25?,28-16?,28-27?,32-29-,33-30-. The zero-order valence-corrected chi connectivity index (χ0v) is 21.2. The molecule has 1 heterocycles. The first-order valence-electron chi connectivity index (χ1n) is 12.4. The van der Waals surface area contributed by atoms with Crippen molar-refractivity contribution in [3.05, 3.63) is 138 Å². The maximum atomic E-state index is 10.8. The number of allylic oxidation sites excluding steroid dienone is 2. The predicted molar refractivity (Wildman–Crippen MR) is 156 cm³/mol. The van der Waals surface area contributed by atoms with Gasteiger partial charge in [-0.25, -0.2) is 0 Å². The largest absolute Gasteiger partial charge is 0.506 e. The number of aliphatic hydroxyl groups is 5. The van der Waals surface area contributed by atoms with E-state index in [1.807, 2.05) is 85.0 Å². The van der Waals surface area contributed by atoms with E-state index in [9.17, 15) is 25.5 Å². The third-order valence-corrected chi connectivity index (χ3v) is 6.19. The van der Waals surface area contributed by atoms with Gasteiger partial charge in [0, 0.05) is 16.7 Å². The Morgan fingerprint density at radius 3 is 2.10 bits per heavy atom. The molecule has 0 saturated heterocycles. The van der Waals surface area contributed by atoms with Crippen LogP contribution in [0, 0.1) is 0 Å². The van der Waals surface area contributed by atoms with Crippen LogP contribution in [-0.2, 0) is 0 Å². The first-order chi connectivity index (χ1) is 19.0. The van der Waals surface area contributed by atoms with Gasteiger partial charge in [-0.05, 0) is 34.4 Å². The molecule has 0 unspecified atom stereocenters. The Kier molecular flexibility index (Phi) is 9.19. The summed E-state index contributed by atoms with van der Waals surface area (Å²) in [7, 11) is 0. The summed E-state index contributed by atoms with van der Waals surface area (Å²) in [4.78, 5) is 0. The smallest absolute Gasteiger partial charge is 0.198 e. The fraction of sp³-hybridized carbons (Fsp3) is 0.0909. The number of hydrogen-bond acceptors (Lipinski definition) is 6. The molecule has 1 aliphatic rings. The Balaban J connectivity index is 2.10. The lowest BCUT2D eigenvalue weighted by atomic mass is 9.95. The van der Waals surface area contributed by atoms with Crippen molar-refractivity contribution in [3.63, 3.8) is 0 Å². The van der Waals surface area contributed by atoms with E-state index in [0.29, 0.717) is 10.9 Å². The van der Waals surface area contributed by atoms with Crippen LogP contribution in [0.4, 0.5) is 0 Å². The molecule has 198 valence electrons. The predicted octanol–water partition coefficient (Wildman–Crippen LogP) is 7.36. The third-order valence-electron chi connectivity index (χ3n) is 6.19. The second-order valence-corrected chi connectivity index (χ2v) is 8.68. The van der Waals surface area contributed by atoms with Crippen molar-refractivity contribution in [1.29, 1.82) is 0 Å². The van der Waals surface area contributed by atoms with Crippen LogP contribution in [0.15, 0.2) is 125 Å². The van der Waals surface area contributed by atoms with Crippen molar-refractivity contribution in [3.8, 4) is 11.1 Å². The van der Waals surface area contributed by atoms with Gasteiger partial charge in [0.2, 0.25) is 0 Å². The van der Waals surface area contributed by atoms with Crippen LogP contribution in [0.5, 0.6) is 0 Å². The first kappa shape index (κ1) is 27.3. The monoisotopic (exact) mass is 522 g/mol. The molecule has 0 aliphatic heterocycles. The highest BCUT2D eigenvalue weighted by Gasteiger charge is 2.17. The van der Waals surface area contributed by atoms with Gasteiger partial charge in [0.05, 0.1) is 12.9 Å². The molecule has 6 heteroatoms. The van der Waals surface area contributed by atoms with Gasteiger partial charge < -0.3 is 29.9 Å². The van der Waals surface area contributed by atoms with E-state index in [-0.39, 0.29) is 5.57 Å². The number of aliphatic hydroxyl groups excluding tert-OH is 5. The summed E-state index contributed by atoms with van der Waals surface area (Å²) in [5.41, 5.74) is 2.91. The van der Waals surface area contributed by atoms with Gasteiger partial charge in [0.25, 0.3) is 0 Å². The molecule has 0 radical (unpaired) electrons. The van der Waals surface area contributed by atoms with Crippen molar-refractivity contribution >= 4 is 28.5 Å². The summed E-state index contributed by atoms with van der Waals surface area (Å²) >= 11 is 0. The van der Waals surface area contributed by atoms with E-state index in [1.54, 1.807) is 24.5 Å². The van der Waals surface area contributed by atoms with Gasteiger partial charge >= 0.3 is 0 Å². The first-order valence-corrected chi connectivity index (χ1v) is 12.4. The van der Waals surface area contributed by atoms with Crippen LogP contribution in [0.1, 0.15) is 23.3 Å². The summed E-state index contributed by atoms with van der Waals surface area (Å²) < 4.78 is 6.16. The normalized spacial score (nSPS) is 13.4. The van der Waals surface area contributed by atoms with Gasteiger partial charge in [-0.15, -0.1) is 0 Å². The number of rotatable bonds is 5. The number of benzene rings is 1. The molecule has 0 spiro atoms. The Morgan fingerprint density at radius 1 is 0.667 bits per heavy atom. The minimum Gasteiger partial charge on any atom is -0.506 e. The third kappa shape index (κ3) is 6.38. The molecule has 0 saturated carbocycles. The molecule has 0 bridgehead atoms. The highest BCUT2D eigenvalue weighted by atomic mass is 16.4. The zero-order chi connectivity index (χ0) is 27.6. The Labute approximate surface area is 226 Å². The fourth-order valence-electron chi connectivity index (χ4n) is 4.23. The van der Waals surface area contributed by atoms with Gasteiger partial charge in [-0.3, -0.25) is 0 Å². The van der Waals surface area contributed by atoms with E-state index in [4.69, 9.17) is 4.42 Å². The molecule has 5 N–H and O–H groups in total. The maximum Gasteiger partial charge on any atom is 0.198 e. The van der Waals surface area contributed by atoms with Gasteiger partial charge in [0.1, 0.15) is 12.4 Å². The van der Waals surface area contributed by atoms with Crippen LogP contribution >= 0.6 is 0 Å². The van der Waals surface area contributed by atoms with E-state index < -0.39 is 30.5 Å². The topological polar surface area (TPSA) is 114 Å². The molecule has 0 atom stereocenters. The van der Waals surface area contributed by atoms with Gasteiger partial charge in [-0.1, -0.05) is 103 Å². The molecule has 1 aliphatic carbocycles. The molecule has 3 aromatic rings. The lowest BCUT2D eigenvalue weighted by Crippen LogP contribution is -2.04. The van der Waals surface area contributed by atoms with E-state index >= 15 is 0 Å². The van der Waals surface area contributed by atoms with Crippen molar-refractivity contribution in [2.75, 3.05) is 13.2 Å². The zero-order valence-electron chi connectivity index (χ0n) is 21.2. The SMILES string of the molecule is OC/C(O)=C(O)\C(O)=C(/CO)c1ccccccc(-c2ccccc3c(oc2)C=CCC=C3)c2ccccc12. The maximum absolute atomic E-state index is 10.8. The minimum absolute atomic E-state index is 0.0307. The lowest BCUT2D eigenvalue weighted by Gasteiger charge is -2.12. The van der Waals surface area contributed by atoms with Crippen molar-refractivity contribution in [1.82, 2.24) is 0 Å². The molecular weight excluding hydrogens is 492 g/mol. The molecule has 2 aromatic carbocycles. The summed E-state index contributed by atoms with van der Waals surface area (Å²) in [6.07, 6.45) is 10.6. The molecule has 6 nitrogen and oxygen atoms in total. The van der Waals surface area contributed by atoms with Gasteiger partial charge in [0.15, 0.2) is 17.3 Å². The van der Waals surface area contributed by atoms with Crippen molar-refractivity contribution < 1.29 is 29.9 Å². The molecule has 39 heavy (non-hydrogen) atoms. The molecule has 4 rings (SSSR count). The van der Waals surface area contributed by atoms with Crippen LogP contribution < -0.4 is 0 Å². The van der Waals surface area contributed by atoms with Crippen LogP contribution in [-0.4, -0.2) is 38.7 Å². The average molecular weight is 523 g/mol. The van der Waals surface area contributed by atoms with E-state index in [0.717, 1.165) is 34.3 Å². The van der Waals surface area contributed by atoms with Gasteiger partial charge in [-0.2, -0.15) is 0 Å². The second kappa shape index (κ2) is 13.1. The van der Waals surface area contributed by atoms with Crippen LogP contribution in [0.3, 0.4) is 0 Å². The molecule has 0 amide bonds. The molecule has 1 aromatic heterocycles. The second-order valence-electron chi connectivity index (χ2n) is 8.68. The fourth-order valence-corrected chi connectivity index (χ4v) is 4.23. The summed E-state index contributed by atoms with van der Waals surface area (Å²) in [6, 6.07) is 26.2. The van der Waals surface area contributed by atoms with E-state index in [2.05, 4.69) is 6.08 Å². The van der Waals surface area contributed by atoms with Crippen molar-refractivity contribution in [2.45, 2.75) is 6.42 Å². The summed E-state index contributed by atoms with van der Waals surface area (Å²) in [6.45, 7) is -1.52. The quantitative estimate of drug-likeness (QED) is 0.177. The summed E-state index contributed by atoms with van der Waals surface area (Å²) in [5.74, 6) is -1.74. The van der Waals surface area contributed by atoms with E-state index in [1.165, 1.54) is 0 Å². The molecule has 0 fully saturated rings. The highest BCUT2D eigenvalue weighted by Crippen LogP contribution is 2.32.